The van der Waals surface area contributed by atoms with E-state index in [0.717, 1.165) is 36.3 Å². The first-order valence-electron chi connectivity index (χ1n) is 8.46. The number of hydrogen-bond donors (Lipinski definition) is 2. The highest BCUT2D eigenvalue weighted by atomic mass is 32.2. The maximum Gasteiger partial charge on any atom is 0.271 e. The Balaban J connectivity index is 1.62. The number of hydrogen-bond acceptors (Lipinski definition) is 5. The molecule has 2 N–H and O–H groups in total. The molecule has 1 atom stereocenters. The number of anilines is 1. The summed E-state index contributed by atoms with van der Waals surface area (Å²) in [4.78, 5) is 12.2. The number of nitrogens with one attached hydrogen (secondary N) is 2. The van der Waals surface area contributed by atoms with Gasteiger partial charge in [-0.05, 0) is 67.3 Å². The fraction of sp³-hybridized carbons (Fsp3) is 0.333. The van der Waals surface area contributed by atoms with Crippen molar-refractivity contribution < 1.29 is 13.2 Å². The van der Waals surface area contributed by atoms with E-state index in [0.29, 0.717) is 17.2 Å². The van der Waals surface area contributed by atoms with Gasteiger partial charge in [0.2, 0.25) is 0 Å². The van der Waals surface area contributed by atoms with E-state index in [1.54, 1.807) is 41.8 Å². The molecule has 1 aromatic heterocycles. The second kappa shape index (κ2) is 8.01. The van der Waals surface area contributed by atoms with Gasteiger partial charge in [0.25, 0.3) is 15.9 Å². The molecule has 0 saturated heterocycles. The van der Waals surface area contributed by atoms with E-state index in [1.807, 2.05) is 0 Å². The Morgan fingerprint density at radius 1 is 1.23 bits per heavy atom. The third-order valence-corrected chi connectivity index (χ3v) is 7.00. The standard InChI is InChI=1S/C18H21N3O3S2/c1-13-4-2-5-16(12-13)19-20-18(22)14-7-9-15(10-8-14)21-26(23,24)17-6-3-11-25-17/h3,6-11,13,21H,2,4-5,12H2,1H3,(H,20,22)/b19-16+/t13-/m1/s1. The highest BCUT2D eigenvalue weighted by molar-refractivity contribution is 7.94. The second-order valence-corrected chi connectivity index (χ2v) is 9.29. The average molecular weight is 392 g/mol. The van der Waals surface area contributed by atoms with Crippen LogP contribution >= 0.6 is 11.3 Å². The quantitative estimate of drug-likeness (QED) is 0.759. The van der Waals surface area contributed by atoms with E-state index >= 15 is 0 Å². The van der Waals surface area contributed by atoms with Crippen molar-refractivity contribution >= 4 is 38.7 Å². The molecule has 0 aliphatic heterocycles. The summed E-state index contributed by atoms with van der Waals surface area (Å²) in [6.07, 6.45) is 4.16. The number of carbonyl (C=O) groups is 1. The SMILES string of the molecule is C[C@@H]1CCC/C(=N\NC(=O)c2ccc(NS(=O)(=O)c3cccs3)cc2)C1. The van der Waals surface area contributed by atoms with Gasteiger partial charge in [0, 0.05) is 17.0 Å². The molecule has 3 rings (SSSR count). The Labute approximate surface area is 157 Å². The maximum absolute atomic E-state index is 12.2. The van der Waals surface area contributed by atoms with E-state index in [4.69, 9.17) is 0 Å². The molecular weight excluding hydrogens is 370 g/mol. The number of amides is 1. The lowest BCUT2D eigenvalue weighted by Crippen LogP contribution is -2.22. The molecule has 0 bridgehead atoms. The molecule has 2 aromatic rings. The smallest absolute Gasteiger partial charge is 0.271 e. The number of rotatable bonds is 5. The molecule has 0 spiro atoms. The summed E-state index contributed by atoms with van der Waals surface area (Å²) in [5.74, 6) is 0.304. The molecule has 6 nitrogen and oxygen atoms in total. The molecule has 1 aromatic carbocycles. The third-order valence-electron chi connectivity index (χ3n) is 4.22. The van der Waals surface area contributed by atoms with Crippen molar-refractivity contribution in [3.05, 3.63) is 47.3 Å². The topological polar surface area (TPSA) is 87.6 Å². The van der Waals surface area contributed by atoms with E-state index in [1.165, 1.54) is 6.42 Å². The van der Waals surface area contributed by atoms with Crippen LogP contribution in [0.2, 0.25) is 0 Å². The first-order chi connectivity index (χ1) is 12.4. The van der Waals surface area contributed by atoms with E-state index in [2.05, 4.69) is 22.2 Å². The Morgan fingerprint density at radius 2 is 2.00 bits per heavy atom. The molecule has 1 fully saturated rings. The lowest BCUT2D eigenvalue weighted by molar-refractivity contribution is 0.0954. The van der Waals surface area contributed by atoms with E-state index < -0.39 is 10.0 Å². The van der Waals surface area contributed by atoms with E-state index in [-0.39, 0.29) is 10.1 Å². The summed E-state index contributed by atoms with van der Waals surface area (Å²) in [5, 5.41) is 5.94. The van der Waals surface area contributed by atoms with Crippen LogP contribution in [0.15, 0.2) is 51.1 Å². The van der Waals surface area contributed by atoms with Crippen LogP contribution in [-0.2, 0) is 10.0 Å². The van der Waals surface area contributed by atoms with Crippen LogP contribution in [0, 0.1) is 5.92 Å². The predicted molar refractivity (Wildman–Crippen MR) is 104 cm³/mol. The average Bonchev–Trinajstić information content (AvgIpc) is 3.16. The monoisotopic (exact) mass is 391 g/mol. The van der Waals surface area contributed by atoms with Crippen molar-refractivity contribution in [2.45, 2.75) is 36.8 Å². The minimum atomic E-state index is -3.59. The van der Waals surface area contributed by atoms with Gasteiger partial charge < -0.3 is 0 Å². The normalized spacial score (nSPS) is 19.3. The minimum absolute atomic E-state index is 0.247. The first-order valence-corrected chi connectivity index (χ1v) is 10.8. The van der Waals surface area contributed by atoms with Crippen molar-refractivity contribution in [3.8, 4) is 0 Å². The molecule has 0 unspecified atom stereocenters. The van der Waals surface area contributed by atoms with Gasteiger partial charge in [0.1, 0.15) is 4.21 Å². The van der Waals surface area contributed by atoms with Crippen LogP contribution in [0.1, 0.15) is 43.0 Å². The summed E-state index contributed by atoms with van der Waals surface area (Å²) < 4.78 is 27.1. The third kappa shape index (κ3) is 4.70. The van der Waals surface area contributed by atoms with Gasteiger partial charge in [-0.15, -0.1) is 11.3 Å². The van der Waals surface area contributed by atoms with Crippen LogP contribution in [0.25, 0.3) is 0 Å². The molecule has 1 heterocycles. The van der Waals surface area contributed by atoms with Gasteiger partial charge in [-0.1, -0.05) is 13.0 Å². The number of benzene rings is 1. The molecular formula is C18H21N3O3S2. The summed E-state index contributed by atoms with van der Waals surface area (Å²) in [7, 11) is -3.59. The van der Waals surface area contributed by atoms with Crippen molar-refractivity contribution in [1.82, 2.24) is 5.43 Å². The van der Waals surface area contributed by atoms with Gasteiger partial charge in [-0.25, -0.2) is 13.8 Å². The molecule has 138 valence electrons. The number of thiophene rings is 1. The van der Waals surface area contributed by atoms with Crippen molar-refractivity contribution in [2.75, 3.05) is 4.72 Å². The zero-order valence-corrected chi connectivity index (χ0v) is 16.1. The number of carbonyl (C=O) groups excluding carboxylic acids is 1. The lowest BCUT2D eigenvalue weighted by Gasteiger charge is -2.18. The number of hydrazone groups is 1. The summed E-state index contributed by atoms with van der Waals surface area (Å²) in [5.41, 5.74) is 4.45. The number of nitrogens with zero attached hydrogens (tertiary/aromatic N) is 1. The molecule has 1 saturated carbocycles. The van der Waals surface area contributed by atoms with E-state index in [9.17, 15) is 13.2 Å². The minimum Gasteiger partial charge on any atom is -0.279 e. The Kier molecular flexibility index (Phi) is 5.73. The molecule has 1 aliphatic rings. The Morgan fingerprint density at radius 3 is 2.65 bits per heavy atom. The molecule has 26 heavy (non-hydrogen) atoms. The molecule has 1 amide bonds. The number of sulfonamides is 1. The largest absolute Gasteiger partial charge is 0.279 e. The van der Waals surface area contributed by atoms with Crippen molar-refractivity contribution in [3.63, 3.8) is 0 Å². The second-order valence-electron chi connectivity index (χ2n) is 6.44. The summed E-state index contributed by atoms with van der Waals surface area (Å²) in [6.45, 7) is 2.19. The summed E-state index contributed by atoms with van der Waals surface area (Å²) >= 11 is 1.15. The maximum atomic E-state index is 12.2. The first kappa shape index (κ1) is 18.6. The van der Waals surface area contributed by atoms with Crippen LogP contribution in [0.5, 0.6) is 0 Å². The van der Waals surface area contributed by atoms with Crippen LogP contribution in [0.4, 0.5) is 5.69 Å². The molecule has 8 heteroatoms. The van der Waals surface area contributed by atoms with Gasteiger partial charge in [0.05, 0.1) is 0 Å². The molecule has 0 radical (unpaired) electrons. The zero-order chi connectivity index (χ0) is 18.6. The van der Waals surface area contributed by atoms with Gasteiger partial charge in [-0.2, -0.15) is 5.10 Å². The van der Waals surface area contributed by atoms with Gasteiger partial charge in [-0.3, -0.25) is 9.52 Å². The van der Waals surface area contributed by atoms with Crippen LogP contribution in [-0.4, -0.2) is 20.0 Å². The van der Waals surface area contributed by atoms with Crippen molar-refractivity contribution in [2.24, 2.45) is 11.0 Å². The predicted octanol–water partition coefficient (Wildman–Crippen LogP) is 3.84. The Bertz CT molecular complexity index is 888. The fourth-order valence-corrected chi connectivity index (χ4v) is 4.92. The Hall–Kier alpha value is -2.19. The zero-order valence-electron chi connectivity index (χ0n) is 14.4. The lowest BCUT2D eigenvalue weighted by atomic mass is 9.89. The molecule has 1 aliphatic carbocycles. The highest BCUT2D eigenvalue weighted by Crippen LogP contribution is 2.22. The van der Waals surface area contributed by atoms with Crippen LogP contribution in [0.3, 0.4) is 0 Å². The van der Waals surface area contributed by atoms with Crippen molar-refractivity contribution in [1.29, 1.82) is 0 Å². The highest BCUT2D eigenvalue weighted by Gasteiger charge is 2.16. The van der Waals surface area contributed by atoms with Gasteiger partial charge in [0.15, 0.2) is 0 Å². The van der Waals surface area contributed by atoms with Gasteiger partial charge >= 0.3 is 0 Å². The summed E-state index contributed by atoms with van der Waals surface area (Å²) in [6, 6.07) is 9.50. The van der Waals surface area contributed by atoms with Crippen LogP contribution < -0.4 is 10.1 Å². The fourth-order valence-electron chi connectivity index (χ4n) is 2.87.